The van der Waals surface area contributed by atoms with Crippen molar-refractivity contribution in [2.75, 3.05) is 0 Å². The summed E-state index contributed by atoms with van der Waals surface area (Å²) in [6.45, 7) is 1.80. The molecule has 0 radical (unpaired) electrons. The molecule has 11 heteroatoms. The molecule has 1 aromatic heterocycles. The highest BCUT2D eigenvalue weighted by Gasteiger charge is 2.61. The average Bonchev–Trinajstić information content (AvgIpc) is 2.65. The first-order valence-corrected chi connectivity index (χ1v) is 6.22. The molecule has 4 nitrogen and oxygen atoms in total. The van der Waals surface area contributed by atoms with E-state index in [9.17, 15) is 26.3 Å². The number of hydrazine groups is 1. The van der Waals surface area contributed by atoms with Crippen LogP contribution in [0.25, 0.3) is 0 Å². The zero-order valence-corrected chi connectivity index (χ0v) is 11.5. The molecule has 0 saturated carbocycles. The van der Waals surface area contributed by atoms with Crippen LogP contribution in [0.1, 0.15) is 25.1 Å². The van der Waals surface area contributed by atoms with Crippen LogP contribution in [-0.2, 0) is 6.54 Å². The van der Waals surface area contributed by atoms with E-state index in [2.05, 4.69) is 5.10 Å². The van der Waals surface area contributed by atoms with Crippen LogP contribution in [0.4, 0.5) is 26.3 Å². The van der Waals surface area contributed by atoms with Crippen molar-refractivity contribution in [2.24, 2.45) is 11.8 Å². The minimum absolute atomic E-state index is 0.114. The van der Waals surface area contributed by atoms with Gasteiger partial charge in [-0.15, -0.1) is 0 Å². The van der Waals surface area contributed by atoms with Gasteiger partial charge < -0.3 is 0 Å². The Bertz CT molecular complexity index is 455. The Hall–Kier alpha value is -1.00. The number of rotatable bonds is 5. The van der Waals surface area contributed by atoms with Crippen molar-refractivity contribution in [1.29, 1.82) is 0 Å². The van der Waals surface area contributed by atoms with Gasteiger partial charge in [0.15, 0.2) is 5.92 Å². The number of halogens is 7. The van der Waals surface area contributed by atoms with Crippen LogP contribution in [0.5, 0.6) is 0 Å². The van der Waals surface area contributed by atoms with Gasteiger partial charge in [-0.1, -0.05) is 18.5 Å². The molecule has 1 aromatic rings. The molecule has 0 aromatic carbocycles. The molecular weight excluding hydrogens is 326 g/mol. The van der Waals surface area contributed by atoms with E-state index in [-0.39, 0.29) is 11.6 Å². The quantitative estimate of drug-likeness (QED) is 0.492. The summed E-state index contributed by atoms with van der Waals surface area (Å²) in [5.74, 6) is 1.25. The van der Waals surface area contributed by atoms with Gasteiger partial charge in [-0.2, -0.15) is 31.4 Å². The van der Waals surface area contributed by atoms with Gasteiger partial charge in [0.25, 0.3) is 0 Å². The van der Waals surface area contributed by atoms with E-state index >= 15 is 0 Å². The van der Waals surface area contributed by atoms with Crippen LogP contribution in [0, 0.1) is 5.92 Å². The predicted octanol–water partition coefficient (Wildman–Crippen LogP) is 3.19. The number of alkyl halides is 6. The third-order valence-corrected chi connectivity index (χ3v) is 3.07. The number of hydrogen-bond donors (Lipinski definition) is 2. The first-order valence-electron chi connectivity index (χ1n) is 5.84. The lowest BCUT2D eigenvalue weighted by Gasteiger charge is -2.30. The summed E-state index contributed by atoms with van der Waals surface area (Å²) in [7, 11) is 0. The fourth-order valence-corrected chi connectivity index (χ4v) is 2.23. The topological polar surface area (TPSA) is 55.9 Å². The van der Waals surface area contributed by atoms with Crippen molar-refractivity contribution in [3.05, 3.63) is 16.9 Å². The molecule has 3 N–H and O–H groups in total. The molecule has 122 valence electrons. The van der Waals surface area contributed by atoms with Crippen LogP contribution < -0.4 is 11.3 Å². The van der Waals surface area contributed by atoms with E-state index in [4.69, 9.17) is 17.4 Å². The molecule has 0 saturated heterocycles. The first-order chi connectivity index (χ1) is 9.54. The Morgan fingerprint density at radius 2 is 1.81 bits per heavy atom. The van der Waals surface area contributed by atoms with E-state index in [1.807, 2.05) is 0 Å². The number of aryl methyl sites for hydroxylation is 1. The second-order valence-corrected chi connectivity index (χ2v) is 4.71. The Morgan fingerprint density at radius 1 is 1.29 bits per heavy atom. The third kappa shape index (κ3) is 4.01. The van der Waals surface area contributed by atoms with Gasteiger partial charge >= 0.3 is 12.4 Å². The lowest BCUT2D eigenvalue weighted by Crippen LogP contribution is -2.48. The Morgan fingerprint density at radius 3 is 2.19 bits per heavy atom. The van der Waals surface area contributed by atoms with Crippen LogP contribution >= 0.6 is 11.6 Å². The lowest BCUT2D eigenvalue weighted by molar-refractivity contribution is -0.293. The molecule has 0 bridgehead atoms. The smallest absolute Gasteiger partial charge is 0.271 e. The van der Waals surface area contributed by atoms with Crippen molar-refractivity contribution in [2.45, 2.75) is 38.3 Å². The molecule has 1 unspecified atom stereocenters. The highest BCUT2D eigenvalue weighted by Crippen LogP contribution is 2.47. The second kappa shape index (κ2) is 6.41. The summed E-state index contributed by atoms with van der Waals surface area (Å²) >= 11 is 5.68. The molecule has 21 heavy (non-hydrogen) atoms. The average molecular weight is 339 g/mol. The van der Waals surface area contributed by atoms with Crippen molar-refractivity contribution < 1.29 is 26.3 Å². The van der Waals surface area contributed by atoms with Gasteiger partial charge in [0.05, 0.1) is 23.0 Å². The monoisotopic (exact) mass is 338 g/mol. The third-order valence-electron chi connectivity index (χ3n) is 2.78. The zero-order valence-electron chi connectivity index (χ0n) is 10.8. The van der Waals surface area contributed by atoms with E-state index < -0.39 is 30.0 Å². The highest BCUT2D eigenvalue weighted by atomic mass is 35.5. The fraction of sp³-hybridized carbons (Fsp3) is 0.700. The summed E-state index contributed by atoms with van der Waals surface area (Å²) < 4.78 is 77.8. The largest absolute Gasteiger partial charge is 0.402 e. The minimum Gasteiger partial charge on any atom is -0.271 e. The Labute approximate surface area is 121 Å². The van der Waals surface area contributed by atoms with Crippen molar-refractivity contribution in [3.8, 4) is 0 Å². The first kappa shape index (κ1) is 18.1. The van der Waals surface area contributed by atoms with Crippen molar-refractivity contribution >= 4 is 11.6 Å². The molecule has 0 aliphatic carbocycles. The van der Waals surface area contributed by atoms with Crippen LogP contribution in [-0.4, -0.2) is 22.1 Å². The Kier molecular flexibility index (Phi) is 5.51. The van der Waals surface area contributed by atoms with Gasteiger partial charge in [-0.25, -0.2) is 0 Å². The van der Waals surface area contributed by atoms with Gasteiger partial charge in [-0.3, -0.25) is 16.0 Å². The lowest BCUT2D eigenvalue weighted by atomic mass is 9.95. The zero-order chi connectivity index (χ0) is 16.4. The second-order valence-electron chi connectivity index (χ2n) is 4.31. The van der Waals surface area contributed by atoms with Gasteiger partial charge in [0, 0.05) is 6.54 Å². The SMILES string of the molecule is CCCn1ncc(Cl)c1C(NN)C(C(F)(F)F)C(F)(F)F. The summed E-state index contributed by atoms with van der Waals surface area (Å²) in [6.07, 6.45) is -9.65. The number of nitrogens with two attached hydrogens (primary N) is 1. The van der Waals surface area contributed by atoms with Crippen LogP contribution in [0.15, 0.2) is 6.20 Å². The fourth-order valence-electron chi connectivity index (χ4n) is 1.97. The summed E-state index contributed by atoms with van der Waals surface area (Å²) in [5.41, 5.74) is 1.13. The maximum absolute atomic E-state index is 12.8. The summed E-state index contributed by atoms with van der Waals surface area (Å²) in [4.78, 5) is 0. The van der Waals surface area contributed by atoms with Gasteiger partial charge in [0.2, 0.25) is 0 Å². The summed E-state index contributed by atoms with van der Waals surface area (Å²) in [6, 6.07) is -2.29. The maximum atomic E-state index is 12.8. The van der Waals surface area contributed by atoms with Crippen LogP contribution in [0.3, 0.4) is 0 Å². The highest BCUT2D eigenvalue weighted by molar-refractivity contribution is 6.31. The van der Waals surface area contributed by atoms with Gasteiger partial charge in [-0.05, 0) is 6.42 Å². The molecule has 1 rings (SSSR count). The molecule has 1 atom stereocenters. The molecule has 0 spiro atoms. The number of nitrogens with one attached hydrogen (secondary N) is 1. The summed E-state index contributed by atoms with van der Waals surface area (Å²) in [5, 5.41) is 3.36. The standard InChI is InChI=1S/C10H13ClF6N4/c1-2-3-21-7(5(11)4-19-21)6(20-18)8(9(12,13)14)10(15,16)17/h4,6,8,20H,2-3,18H2,1H3. The maximum Gasteiger partial charge on any atom is 0.402 e. The number of aromatic nitrogens is 2. The molecular formula is C10H13ClF6N4. The number of hydrogen-bond acceptors (Lipinski definition) is 3. The van der Waals surface area contributed by atoms with E-state index in [1.54, 1.807) is 12.3 Å². The minimum atomic E-state index is -5.54. The van der Waals surface area contributed by atoms with E-state index in [0.29, 0.717) is 6.42 Å². The van der Waals surface area contributed by atoms with E-state index in [1.165, 1.54) is 0 Å². The van der Waals surface area contributed by atoms with Crippen molar-refractivity contribution in [1.82, 2.24) is 15.2 Å². The van der Waals surface area contributed by atoms with E-state index in [0.717, 1.165) is 10.9 Å². The number of nitrogens with zero attached hydrogens (tertiary/aromatic N) is 2. The van der Waals surface area contributed by atoms with Gasteiger partial charge in [0.1, 0.15) is 0 Å². The Balaban J connectivity index is 3.37. The molecule has 0 fully saturated rings. The van der Waals surface area contributed by atoms with Crippen molar-refractivity contribution in [3.63, 3.8) is 0 Å². The molecule has 0 aliphatic heterocycles. The normalized spacial score (nSPS) is 14.8. The molecule has 1 heterocycles. The van der Waals surface area contributed by atoms with Crippen LogP contribution in [0.2, 0.25) is 5.02 Å². The molecule has 0 aliphatic rings. The molecule has 0 amide bonds. The predicted molar refractivity (Wildman–Crippen MR) is 63.2 cm³/mol.